The fraction of sp³-hybridized carbons (Fsp3) is 0. The van der Waals surface area contributed by atoms with Crippen LogP contribution in [0.1, 0.15) is 27.0 Å². The summed E-state index contributed by atoms with van der Waals surface area (Å²) in [5.74, 6) is 0.0915. The summed E-state index contributed by atoms with van der Waals surface area (Å²) < 4.78 is 0. The molecular formula is C24H13NO. The van der Waals surface area contributed by atoms with Crippen LogP contribution in [0, 0.1) is 0 Å². The number of aromatic nitrogens is 1. The molecule has 6 rings (SSSR count). The number of carbonyl (C=O) groups is 1. The van der Waals surface area contributed by atoms with Crippen LogP contribution in [0.15, 0.2) is 66.7 Å². The van der Waals surface area contributed by atoms with E-state index >= 15 is 0 Å². The molecule has 120 valence electrons. The maximum Gasteiger partial charge on any atom is 0.194 e. The molecule has 0 atom stereocenters. The van der Waals surface area contributed by atoms with Gasteiger partial charge in [0.05, 0.1) is 11.2 Å². The predicted molar refractivity (Wildman–Crippen MR) is 105 cm³/mol. The van der Waals surface area contributed by atoms with Gasteiger partial charge in [0.2, 0.25) is 0 Å². The average molecular weight is 331 g/mol. The second kappa shape index (κ2) is 4.77. The zero-order valence-corrected chi connectivity index (χ0v) is 13.9. The van der Waals surface area contributed by atoms with E-state index < -0.39 is 0 Å². The van der Waals surface area contributed by atoms with Crippen LogP contribution in [0.2, 0.25) is 0 Å². The third-order valence-corrected chi connectivity index (χ3v) is 5.37. The second-order valence-electron chi connectivity index (χ2n) is 6.77. The Balaban J connectivity index is 1.65. The summed E-state index contributed by atoms with van der Waals surface area (Å²) in [6, 6.07) is 22.2. The Morgan fingerprint density at radius 2 is 1.38 bits per heavy atom. The van der Waals surface area contributed by atoms with Crippen molar-refractivity contribution in [3.8, 4) is 22.4 Å². The van der Waals surface area contributed by atoms with Gasteiger partial charge < -0.3 is 0 Å². The van der Waals surface area contributed by atoms with Crippen molar-refractivity contribution in [3.05, 3.63) is 89.0 Å². The van der Waals surface area contributed by atoms with Crippen molar-refractivity contribution < 1.29 is 4.79 Å². The van der Waals surface area contributed by atoms with Crippen molar-refractivity contribution in [1.29, 1.82) is 0 Å². The zero-order valence-electron chi connectivity index (χ0n) is 13.9. The topological polar surface area (TPSA) is 30.0 Å². The molecule has 2 nitrogen and oxygen atoms in total. The van der Waals surface area contributed by atoms with Gasteiger partial charge in [-0.05, 0) is 34.4 Å². The van der Waals surface area contributed by atoms with Gasteiger partial charge in [-0.3, -0.25) is 4.79 Å². The number of hydrogen-bond acceptors (Lipinski definition) is 2. The van der Waals surface area contributed by atoms with Crippen LogP contribution >= 0.6 is 0 Å². The summed E-state index contributed by atoms with van der Waals surface area (Å²) in [5, 5.41) is 1.19. The first-order valence-electron chi connectivity index (χ1n) is 8.70. The van der Waals surface area contributed by atoms with Crippen molar-refractivity contribution in [3.63, 3.8) is 0 Å². The van der Waals surface area contributed by atoms with Crippen molar-refractivity contribution in [2.75, 3.05) is 0 Å². The lowest BCUT2D eigenvalue weighted by molar-refractivity contribution is 0.104. The van der Waals surface area contributed by atoms with Gasteiger partial charge in [0, 0.05) is 22.1 Å². The van der Waals surface area contributed by atoms with Gasteiger partial charge in [0.25, 0.3) is 0 Å². The first-order chi connectivity index (χ1) is 12.8. The van der Waals surface area contributed by atoms with Crippen molar-refractivity contribution in [1.82, 2.24) is 4.98 Å². The first kappa shape index (κ1) is 13.7. The van der Waals surface area contributed by atoms with Crippen LogP contribution in [0.5, 0.6) is 0 Å². The van der Waals surface area contributed by atoms with Crippen molar-refractivity contribution in [2.45, 2.75) is 0 Å². The molecule has 26 heavy (non-hydrogen) atoms. The average Bonchev–Trinajstić information content (AvgIpc) is 3.23. The van der Waals surface area contributed by atoms with Crippen LogP contribution < -0.4 is 0 Å². The van der Waals surface area contributed by atoms with E-state index in [2.05, 4.69) is 24.3 Å². The number of pyridine rings is 1. The normalized spacial score (nSPS) is 13.3. The minimum absolute atomic E-state index is 0.0915. The van der Waals surface area contributed by atoms with E-state index in [9.17, 15) is 4.79 Å². The summed E-state index contributed by atoms with van der Waals surface area (Å²) in [5.41, 5.74) is 8.68. The van der Waals surface area contributed by atoms with E-state index in [1.165, 1.54) is 16.5 Å². The Hall–Kier alpha value is -3.52. The second-order valence-corrected chi connectivity index (χ2v) is 6.77. The smallest absolute Gasteiger partial charge is 0.194 e. The predicted octanol–water partition coefficient (Wildman–Crippen LogP) is 5.60. The fourth-order valence-corrected chi connectivity index (χ4v) is 4.22. The van der Waals surface area contributed by atoms with Gasteiger partial charge in [-0.15, -0.1) is 0 Å². The molecule has 2 aliphatic rings. The van der Waals surface area contributed by atoms with E-state index in [0.717, 1.165) is 39.0 Å². The quantitative estimate of drug-likeness (QED) is 0.393. The minimum atomic E-state index is 0.0915. The summed E-state index contributed by atoms with van der Waals surface area (Å²) in [6.07, 6.45) is 4.25. The number of ketones is 1. The lowest BCUT2D eigenvalue weighted by Crippen LogP contribution is -1.99. The van der Waals surface area contributed by atoms with Crippen LogP contribution in [-0.2, 0) is 0 Å². The highest BCUT2D eigenvalue weighted by Crippen LogP contribution is 2.42. The third-order valence-electron chi connectivity index (χ3n) is 5.37. The van der Waals surface area contributed by atoms with Gasteiger partial charge in [0.15, 0.2) is 5.78 Å². The number of fused-ring (bicyclic) bond motifs is 3. The Bertz CT molecular complexity index is 1300. The van der Waals surface area contributed by atoms with Crippen LogP contribution in [0.3, 0.4) is 0 Å². The molecule has 0 fully saturated rings. The highest BCUT2D eigenvalue weighted by Gasteiger charge is 2.29. The number of carbonyl (C=O) groups excluding carboxylic acids is 1. The van der Waals surface area contributed by atoms with Crippen LogP contribution in [-0.4, -0.2) is 10.8 Å². The minimum Gasteiger partial charge on any atom is -0.289 e. The Labute approximate surface area is 150 Å². The largest absolute Gasteiger partial charge is 0.289 e. The molecule has 0 saturated carbocycles. The molecule has 0 amide bonds. The molecule has 2 heteroatoms. The van der Waals surface area contributed by atoms with E-state index in [-0.39, 0.29) is 5.78 Å². The molecule has 1 heterocycles. The van der Waals surface area contributed by atoms with E-state index in [1.54, 1.807) is 0 Å². The maximum absolute atomic E-state index is 13.1. The van der Waals surface area contributed by atoms with Crippen molar-refractivity contribution >= 4 is 28.8 Å². The monoisotopic (exact) mass is 331 g/mol. The third kappa shape index (κ3) is 1.66. The Morgan fingerprint density at radius 3 is 2.31 bits per heavy atom. The molecule has 0 spiro atoms. The van der Waals surface area contributed by atoms with E-state index in [1.807, 2.05) is 54.6 Å². The molecule has 0 N–H and O–H groups in total. The summed E-state index contributed by atoms with van der Waals surface area (Å²) in [6.45, 7) is 0. The van der Waals surface area contributed by atoms with Gasteiger partial charge >= 0.3 is 0 Å². The zero-order chi connectivity index (χ0) is 17.3. The molecule has 0 radical (unpaired) electrons. The number of nitrogens with zero attached hydrogens (tertiary/aromatic N) is 1. The first-order valence-corrected chi connectivity index (χ1v) is 8.70. The van der Waals surface area contributed by atoms with Crippen LogP contribution in [0.25, 0.3) is 45.4 Å². The number of benzene rings is 3. The van der Waals surface area contributed by atoms with E-state index in [4.69, 9.17) is 4.98 Å². The summed E-state index contributed by atoms with van der Waals surface area (Å²) >= 11 is 0. The number of rotatable bonds is 1. The van der Waals surface area contributed by atoms with Crippen molar-refractivity contribution in [2.24, 2.45) is 0 Å². The lowest BCUT2D eigenvalue weighted by atomic mass is 9.96. The van der Waals surface area contributed by atoms with Gasteiger partial charge in [0.1, 0.15) is 0 Å². The molecule has 4 aromatic rings. The molecule has 2 aliphatic carbocycles. The van der Waals surface area contributed by atoms with Crippen LogP contribution in [0.4, 0.5) is 0 Å². The molecule has 0 saturated heterocycles. The van der Waals surface area contributed by atoms with E-state index in [0.29, 0.717) is 0 Å². The number of hydrogen-bond donors (Lipinski definition) is 0. The SMILES string of the molecule is O=C1c2ccccc2-c2cccc(-c3cc4c5c(cccc5n3)C=C4)c21. The molecule has 3 aromatic carbocycles. The highest BCUT2D eigenvalue weighted by molar-refractivity contribution is 6.24. The Kier molecular flexibility index (Phi) is 2.52. The summed E-state index contributed by atoms with van der Waals surface area (Å²) in [4.78, 5) is 18.0. The standard InChI is InChI=1S/C24H13NO/c26-24-18-7-2-1-6-16(18)17-8-4-9-19(23(17)24)21-13-15-12-11-14-5-3-10-20(25-21)22(14)15/h1-13H. The Morgan fingerprint density at radius 1 is 0.654 bits per heavy atom. The van der Waals surface area contributed by atoms with Gasteiger partial charge in [-0.1, -0.05) is 66.7 Å². The van der Waals surface area contributed by atoms with Gasteiger partial charge in [-0.2, -0.15) is 0 Å². The maximum atomic E-state index is 13.1. The summed E-state index contributed by atoms with van der Waals surface area (Å²) in [7, 11) is 0. The van der Waals surface area contributed by atoms with Gasteiger partial charge in [-0.25, -0.2) is 4.98 Å². The molecule has 0 unspecified atom stereocenters. The fourth-order valence-electron chi connectivity index (χ4n) is 4.22. The molecule has 1 aromatic heterocycles. The molecule has 0 aliphatic heterocycles. The molecular weight excluding hydrogens is 318 g/mol. The highest BCUT2D eigenvalue weighted by atomic mass is 16.1. The molecule has 0 bridgehead atoms. The lowest BCUT2D eigenvalue weighted by Gasteiger charge is -2.10.